The zero-order valence-corrected chi connectivity index (χ0v) is 39.0. The minimum atomic E-state index is -0.554. The highest BCUT2D eigenvalue weighted by molar-refractivity contribution is 6.06. The largest absolute Gasteiger partial charge is 0.309 e. The van der Waals surface area contributed by atoms with E-state index in [1.54, 1.807) is 0 Å². The van der Waals surface area contributed by atoms with Crippen LogP contribution >= 0.6 is 0 Å². The van der Waals surface area contributed by atoms with E-state index in [1.807, 2.05) is 0 Å². The van der Waals surface area contributed by atoms with Gasteiger partial charge in [-0.15, -0.1) is 0 Å². The Balaban J connectivity index is 1.17. The Kier molecular flexibility index (Phi) is 8.89. The van der Waals surface area contributed by atoms with E-state index in [1.165, 1.54) is 100 Å². The third-order valence-electron chi connectivity index (χ3n) is 15.8. The van der Waals surface area contributed by atoms with Crippen LogP contribution in [0.2, 0.25) is 0 Å². The molecule has 10 aromatic carbocycles. The Labute approximate surface area is 400 Å². The van der Waals surface area contributed by atoms with Gasteiger partial charge in [-0.25, -0.2) is 0 Å². The van der Waals surface area contributed by atoms with Crippen LogP contribution in [0.15, 0.2) is 237 Å². The van der Waals surface area contributed by atoms with Crippen molar-refractivity contribution < 1.29 is 0 Å². The van der Waals surface area contributed by atoms with Crippen LogP contribution < -0.4 is 4.90 Å². The van der Waals surface area contributed by atoms with Crippen LogP contribution in [0.25, 0.3) is 55.6 Å². The van der Waals surface area contributed by atoms with Gasteiger partial charge in [-0.1, -0.05) is 240 Å². The number of benzene rings is 10. The first-order valence-electron chi connectivity index (χ1n) is 24.1. The van der Waals surface area contributed by atoms with Crippen molar-refractivity contribution in [3.8, 4) is 55.6 Å². The Bertz CT molecular complexity index is 3580. The Morgan fingerprint density at radius 2 is 0.721 bits per heavy atom. The third-order valence-corrected chi connectivity index (χ3v) is 15.8. The molecule has 1 heteroatoms. The second-order valence-electron chi connectivity index (χ2n) is 19.9. The molecular weight excluding hydrogens is 819 g/mol. The number of rotatable bonds is 7. The fourth-order valence-corrected chi connectivity index (χ4v) is 12.7. The highest BCUT2D eigenvalue weighted by Crippen LogP contribution is 2.62. The van der Waals surface area contributed by atoms with Gasteiger partial charge < -0.3 is 4.90 Å². The van der Waals surface area contributed by atoms with Crippen molar-refractivity contribution in [1.82, 2.24) is 0 Å². The Morgan fingerprint density at radius 1 is 0.279 bits per heavy atom. The number of hydrogen-bond acceptors (Lipinski definition) is 1. The monoisotopic (exact) mass is 869 g/mol. The first-order valence-corrected chi connectivity index (χ1v) is 24.1. The molecule has 0 unspecified atom stereocenters. The molecule has 0 bridgehead atoms. The molecule has 0 amide bonds. The summed E-state index contributed by atoms with van der Waals surface area (Å²) in [5.41, 5.74) is 25.6. The molecule has 0 heterocycles. The van der Waals surface area contributed by atoms with Gasteiger partial charge >= 0.3 is 0 Å². The van der Waals surface area contributed by atoms with E-state index < -0.39 is 5.41 Å². The Hall–Kier alpha value is -8.00. The van der Waals surface area contributed by atoms with Gasteiger partial charge in [0.15, 0.2) is 0 Å². The summed E-state index contributed by atoms with van der Waals surface area (Å²) in [6.07, 6.45) is 0. The first kappa shape index (κ1) is 40.3. The lowest BCUT2D eigenvalue weighted by atomic mass is 9.68. The summed E-state index contributed by atoms with van der Waals surface area (Å²) in [4.78, 5) is 2.62. The lowest BCUT2D eigenvalue weighted by Crippen LogP contribution is -2.28. The van der Waals surface area contributed by atoms with Gasteiger partial charge in [0.25, 0.3) is 0 Å². The molecule has 0 saturated carbocycles. The van der Waals surface area contributed by atoms with Gasteiger partial charge in [-0.2, -0.15) is 0 Å². The van der Waals surface area contributed by atoms with Crippen molar-refractivity contribution in [1.29, 1.82) is 0 Å². The number of anilines is 3. The number of fused-ring (bicyclic) bond motifs is 9. The molecule has 68 heavy (non-hydrogen) atoms. The average Bonchev–Trinajstić information content (AvgIpc) is 3.92. The SMILES string of the molecule is CC1(C)c2ccccc2-c2ccc(N(c3cccc(-c4ccccc4)c3-c3cccc4c3-c3ccccc3C4(C)C)c3cccc4c3-c3ccccc3C4(c3ccccc3)c3ccccc3)cc21. The summed E-state index contributed by atoms with van der Waals surface area (Å²) < 4.78 is 0. The van der Waals surface area contributed by atoms with Crippen LogP contribution in [-0.2, 0) is 16.2 Å². The minimum Gasteiger partial charge on any atom is -0.309 e. The van der Waals surface area contributed by atoms with Crippen LogP contribution in [0.1, 0.15) is 72.2 Å². The highest BCUT2D eigenvalue weighted by Gasteiger charge is 2.48. The predicted molar refractivity (Wildman–Crippen MR) is 284 cm³/mol. The second-order valence-corrected chi connectivity index (χ2v) is 19.9. The molecule has 13 rings (SSSR count). The second kappa shape index (κ2) is 15.0. The van der Waals surface area contributed by atoms with E-state index in [2.05, 4.69) is 269 Å². The van der Waals surface area contributed by atoms with Crippen molar-refractivity contribution in [3.05, 3.63) is 281 Å². The summed E-state index contributed by atoms with van der Waals surface area (Å²) in [7, 11) is 0. The topological polar surface area (TPSA) is 3.24 Å². The summed E-state index contributed by atoms with van der Waals surface area (Å²) in [6.45, 7) is 9.56. The van der Waals surface area contributed by atoms with Crippen LogP contribution in [0.4, 0.5) is 17.1 Å². The zero-order valence-electron chi connectivity index (χ0n) is 39.0. The smallest absolute Gasteiger partial charge is 0.0714 e. The lowest BCUT2D eigenvalue weighted by molar-refractivity contribution is 0.660. The predicted octanol–water partition coefficient (Wildman–Crippen LogP) is 17.5. The fourth-order valence-electron chi connectivity index (χ4n) is 12.7. The summed E-state index contributed by atoms with van der Waals surface area (Å²) >= 11 is 0. The van der Waals surface area contributed by atoms with Gasteiger partial charge in [-0.3, -0.25) is 0 Å². The Morgan fingerprint density at radius 3 is 1.40 bits per heavy atom. The van der Waals surface area contributed by atoms with E-state index in [0.717, 1.165) is 17.1 Å². The van der Waals surface area contributed by atoms with Gasteiger partial charge in [-0.05, 0) is 113 Å². The van der Waals surface area contributed by atoms with Crippen molar-refractivity contribution in [2.45, 2.75) is 43.9 Å². The standard InChI is InChI=1S/C67H51N/c1-65(2)55-35-18-15-30-51(55)62-53(33-20-37-57(62)65)63-48(44-23-8-5-9-24-44)32-21-39-60(63)68(47-41-42-50-49-29-14-17-34-54(49)66(3,4)59(50)43-47)61-40-22-38-58-64(61)52-31-16-19-36-56(52)67(58,45-25-10-6-11-26-45)46-27-12-7-13-28-46/h5-43H,1-4H3. The minimum absolute atomic E-state index is 0.160. The lowest BCUT2D eigenvalue weighted by Gasteiger charge is -2.35. The summed E-state index contributed by atoms with van der Waals surface area (Å²) in [6, 6.07) is 88.9. The molecule has 0 saturated heterocycles. The van der Waals surface area contributed by atoms with Crippen LogP contribution in [0, 0.1) is 0 Å². The van der Waals surface area contributed by atoms with E-state index in [4.69, 9.17) is 0 Å². The molecule has 1 nitrogen and oxygen atoms in total. The molecule has 0 aromatic heterocycles. The van der Waals surface area contributed by atoms with Crippen molar-refractivity contribution in [2.75, 3.05) is 4.90 Å². The zero-order chi connectivity index (χ0) is 45.8. The van der Waals surface area contributed by atoms with Crippen molar-refractivity contribution in [3.63, 3.8) is 0 Å². The molecular formula is C67H51N. The van der Waals surface area contributed by atoms with E-state index >= 15 is 0 Å². The van der Waals surface area contributed by atoms with E-state index in [0.29, 0.717) is 0 Å². The third kappa shape index (κ3) is 5.57. The van der Waals surface area contributed by atoms with Crippen molar-refractivity contribution >= 4 is 17.1 Å². The van der Waals surface area contributed by atoms with Crippen LogP contribution in [0.3, 0.4) is 0 Å². The molecule has 0 spiro atoms. The molecule has 0 atom stereocenters. The maximum atomic E-state index is 2.62. The fraction of sp³-hybridized carbons (Fsp3) is 0.104. The molecule has 0 fully saturated rings. The summed E-state index contributed by atoms with van der Waals surface area (Å²) in [5.74, 6) is 0. The molecule has 3 aliphatic carbocycles. The number of hydrogen-bond donors (Lipinski definition) is 0. The van der Waals surface area contributed by atoms with Gasteiger partial charge in [0.1, 0.15) is 0 Å². The van der Waals surface area contributed by atoms with Crippen LogP contribution in [0.5, 0.6) is 0 Å². The molecule has 324 valence electrons. The van der Waals surface area contributed by atoms with Crippen molar-refractivity contribution in [2.24, 2.45) is 0 Å². The molecule has 0 N–H and O–H groups in total. The maximum Gasteiger partial charge on any atom is 0.0714 e. The molecule has 3 aliphatic rings. The first-order chi connectivity index (χ1) is 33.3. The van der Waals surface area contributed by atoms with Gasteiger partial charge in [0, 0.05) is 27.6 Å². The molecule has 10 aromatic rings. The van der Waals surface area contributed by atoms with E-state index in [9.17, 15) is 0 Å². The van der Waals surface area contributed by atoms with Gasteiger partial charge in [0.05, 0.1) is 16.8 Å². The normalized spacial score (nSPS) is 14.8. The van der Waals surface area contributed by atoms with E-state index in [-0.39, 0.29) is 10.8 Å². The highest BCUT2D eigenvalue weighted by atomic mass is 15.1. The number of nitrogens with zero attached hydrogens (tertiary/aromatic N) is 1. The molecule has 0 aliphatic heterocycles. The quantitative estimate of drug-likeness (QED) is 0.154. The maximum absolute atomic E-state index is 2.62. The average molecular weight is 870 g/mol. The van der Waals surface area contributed by atoms with Crippen LogP contribution in [-0.4, -0.2) is 0 Å². The molecule has 0 radical (unpaired) electrons. The van der Waals surface area contributed by atoms with Gasteiger partial charge in [0.2, 0.25) is 0 Å². The summed E-state index contributed by atoms with van der Waals surface area (Å²) in [5, 5.41) is 0.